The Labute approximate surface area is 138 Å². The van der Waals surface area contributed by atoms with E-state index < -0.39 is 0 Å². The van der Waals surface area contributed by atoms with Crippen molar-refractivity contribution in [3.8, 4) is 0 Å². The molecule has 2 aliphatic heterocycles. The minimum absolute atomic E-state index is 0.0391. The van der Waals surface area contributed by atoms with E-state index in [1.54, 1.807) is 0 Å². The highest BCUT2D eigenvalue weighted by Gasteiger charge is 2.26. The van der Waals surface area contributed by atoms with Gasteiger partial charge < -0.3 is 19.9 Å². The van der Waals surface area contributed by atoms with Gasteiger partial charge in [0.15, 0.2) is 0 Å². The molecule has 5 heteroatoms. The van der Waals surface area contributed by atoms with Gasteiger partial charge in [-0.2, -0.15) is 0 Å². The van der Waals surface area contributed by atoms with Gasteiger partial charge in [0.05, 0.1) is 24.6 Å². The highest BCUT2D eigenvalue weighted by Crippen LogP contribution is 2.28. The summed E-state index contributed by atoms with van der Waals surface area (Å²) in [7, 11) is 0. The van der Waals surface area contributed by atoms with Gasteiger partial charge in [-0.3, -0.25) is 0 Å². The van der Waals surface area contributed by atoms with Crippen molar-refractivity contribution in [3.05, 3.63) is 24.3 Å². The summed E-state index contributed by atoms with van der Waals surface area (Å²) in [4.78, 5) is 17.0. The van der Waals surface area contributed by atoms with E-state index in [0.29, 0.717) is 6.04 Å². The number of morpholine rings is 1. The molecule has 5 nitrogen and oxygen atoms in total. The van der Waals surface area contributed by atoms with Gasteiger partial charge in [0.25, 0.3) is 0 Å². The molecule has 1 aromatic carbocycles. The summed E-state index contributed by atoms with van der Waals surface area (Å²) in [5.41, 5.74) is 1.99. The molecule has 1 unspecified atom stereocenters. The molecule has 3 rings (SSSR count). The number of hydrogen-bond acceptors (Lipinski definition) is 3. The first-order chi connectivity index (χ1) is 11.3. The van der Waals surface area contributed by atoms with Crippen molar-refractivity contribution < 1.29 is 9.53 Å². The van der Waals surface area contributed by atoms with Crippen LogP contribution < -0.4 is 10.2 Å². The topological polar surface area (TPSA) is 44.8 Å². The Morgan fingerprint density at radius 1 is 1.22 bits per heavy atom. The maximum Gasteiger partial charge on any atom is 0.322 e. The molecule has 2 amide bonds. The number of amides is 2. The lowest BCUT2D eigenvalue weighted by Gasteiger charge is -2.36. The SMILES string of the molecule is CCC1CCCCN1C(=O)Nc1ccccc1N1CCOCC1. The number of nitrogens with one attached hydrogen (secondary N) is 1. The van der Waals surface area contributed by atoms with E-state index in [9.17, 15) is 4.79 Å². The Morgan fingerprint density at radius 3 is 2.78 bits per heavy atom. The van der Waals surface area contributed by atoms with Crippen LogP contribution in [0.2, 0.25) is 0 Å². The van der Waals surface area contributed by atoms with Gasteiger partial charge in [0, 0.05) is 25.7 Å². The normalized spacial score (nSPS) is 22.0. The Hall–Kier alpha value is -1.75. The van der Waals surface area contributed by atoms with Crippen LogP contribution in [0.3, 0.4) is 0 Å². The smallest absolute Gasteiger partial charge is 0.322 e. The summed E-state index contributed by atoms with van der Waals surface area (Å²) < 4.78 is 5.43. The van der Waals surface area contributed by atoms with Gasteiger partial charge in [-0.15, -0.1) is 0 Å². The van der Waals surface area contributed by atoms with Gasteiger partial charge in [-0.25, -0.2) is 4.79 Å². The number of carbonyl (C=O) groups excluding carboxylic acids is 1. The van der Waals surface area contributed by atoms with Crippen LogP contribution in [-0.4, -0.2) is 49.8 Å². The molecule has 0 saturated carbocycles. The second-order valence-corrected chi connectivity index (χ2v) is 6.30. The maximum absolute atomic E-state index is 12.7. The number of piperidine rings is 1. The van der Waals surface area contributed by atoms with E-state index in [1.807, 2.05) is 23.1 Å². The molecule has 2 saturated heterocycles. The number of urea groups is 1. The van der Waals surface area contributed by atoms with E-state index in [2.05, 4.69) is 23.2 Å². The summed E-state index contributed by atoms with van der Waals surface area (Å²) in [6.45, 7) is 6.25. The summed E-state index contributed by atoms with van der Waals surface area (Å²) >= 11 is 0. The Kier molecular flexibility index (Phi) is 5.39. The van der Waals surface area contributed by atoms with Crippen LogP contribution in [0, 0.1) is 0 Å². The van der Waals surface area contributed by atoms with Crippen molar-refractivity contribution in [2.24, 2.45) is 0 Å². The number of carbonyl (C=O) groups is 1. The number of anilines is 2. The van der Waals surface area contributed by atoms with Crippen LogP contribution in [0.5, 0.6) is 0 Å². The minimum atomic E-state index is 0.0391. The number of rotatable bonds is 3. The van der Waals surface area contributed by atoms with Crippen LogP contribution >= 0.6 is 0 Å². The average Bonchev–Trinajstić information content (AvgIpc) is 2.63. The molecule has 0 aromatic heterocycles. The molecule has 1 N–H and O–H groups in total. The molecule has 0 bridgehead atoms. The first-order valence-corrected chi connectivity index (χ1v) is 8.79. The van der Waals surface area contributed by atoms with Gasteiger partial charge in [-0.05, 0) is 37.8 Å². The van der Waals surface area contributed by atoms with Crippen molar-refractivity contribution in [1.29, 1.82) is 0 Å². The van der Waals surface area contributed by atoms with Gasteiger partial charge in [0.2, 0.25) is 0 Å². The van der Waals surface area contributed by atoms with Gasteiger partial charge in [-0.1, -0.05) is 19.1 Å². The fourth-order valence-electron chi connectivity index (χ4n) is 3.54. The number of benzene rings is 1. The molecule has 0 radical (unpaired) electrons. The Bertz CT molecular complexity index is 529. The number of likely N-dealkylation sites (tertiary alicyclic amines) is 1. The van der Waals surface area contributed by atoms with Crippen LogP contribution in [-0.2, 0) is 4.74 Å². The van der Waals surface area contributed by atoms with Crippen molar-refractivity contribution in [1.82, 2.24) is 4.90 Å². The third kappa shape index (κ3) is 3.78. The molecule has 23 heavy (non-hydrogen) atoms. The number of nitrogens with zero attached hydrogens (tertiary/aromatic N) is 2. The lowest BCUT2D eigenvalue weighted by atomic mass is 10.0. The van der Waals surface area contributed by atoms with E-state index in [1.165, 1.54) is 6.42 Å². The molecular formula is C18H27N3O2. The highest BCUT2D eigenvalue weighted by molar-refractivity contribution is 5.93. The fourth-order valence-corrected chi connectivity index (χ4v) is 3.54. The average molecular weight is 317 g/mol. The molecular weight excluding hydrogens is 290 g/mol. The van der Waals surface area contributed by atoms with Crippen LogP contribution in [0.1, 0.15) is 32.6 Å². The number of ether oxygens (including phenoxy) is 1. The van der Waals surface area contributed by atoms with Crippen molar-refractivity contribution in [2.75, 3.05) is 43.1 Å². The zero-order chi connectivity index (χ0) is 16.1. The van der Waals surface area contributed by atoms with Crippen molar-refractivity contribution in [2.45, 2.75) is 38.6 Å². The first kappa shape index (κ1) is 16.1. The molecule has 1 aromatic rings. The molecule has 126 valence electrons. The standard InChI is InChI=1S/C18H27N3O2/c1-2-15-7-5-6-10-21(15)18(22)19-16-8-3-4-9-17(16)20-11-13-23-14-12-20/h3-4,8-9,15H,2,5-7,10-14H2,1H3,(H,19,22). The van der Waals surface area contributed by atoms with E-state index >= 15 is 0 Å². The largest absolute Gasteiger partial charge is 0.378 e. The monoisotopic (exact) mass is 317 g/mol. The molecule has 0 aliphatic carbocycles. The fraction of sp³-hybridized carbons (Fsp3) is 0.611. The third-order valence-electron chi connectivity index (χ3n) is 4.86. The second-order valence-electron chi connectivity index (χ2n) is 6.30. The van der Waals surface area contributed by atoms with E-state index in [4.69, 9.17) is 4.74 Å². The number of para-hydroxylation sites is 2. The Balaban J connectivity index is 1.73. The van der Waals surface area contributed by atoms with Gasteiger partial charge in [0.1, 0.15) is 0 Å². The zero-order valence-corrected chi connectivity index (χ0v) is 14.0. The maximum atomic E-state index is 12.7. The van der Waals surface area contributed by atoms with Crippen molar-refractivity contribution >= 4 is 17.4 Å². The second kappa shape index (κ2) is 7.68. The summed E-state index contributed by atoms with van der Waals surface area (Å²) in [6.07, 6.45) is 4.48. The summed E-state index contributed by atoms with van der Waals surface area (Å²) in [5, 5.41) is 3.15. The predicted octanol–water partition coefficient (Wildman–Crippen LogP) is 3.32. The number of hydrogen-bond donors (Lipinski definition) is 1. The molecule has 1 atom stereocenters. The van der Waals surface area contributed by atoms with Crippen LogP contribution in [0.15, 0.2) is 24.3 Å². The molecule has 2 aliphatic rings. The molecule has 0 spiro atoms. The van der Waals surface area contributed by atoms with E-state index in [0.717, 1.165) is 63.5 Å². The van der Waals surface area contributed by atoms with Crippen LogP contribution in [0.25, 0.3) is 0 Å². The minimum Gasteiger partial charge on any atom is -0.378 e. The third-order valence-corrected chi connectivity index (χ3v) is 4.86. The Morgan fingerprint density at radius 2 is 2.00 bits per heavy atom. The first-order valence-electron chi connectivity index (χ1n) is 8.79. The van der Waals surface area contributed by atoms with Crippen LogP contribution in [0.4, 0.5) is 16.2 Å². The highest BCUT2D eigenvalue weighted by atomic mass is 16.5. The van der Waals surface area contributed by atoms with E-state index in [-0.39, 0.29) is 6.03 Å². The lowest BCUT2D eigenvalue weighted by Crippen LogP contribution is -2.45. The summed E-state index contributed by atoms with van der Waals surface area (Å²) in [6, 6.07) is 8.49. The zero-order valence-electron chi connectivity index (χ0n) is 14.0. The summed E-state index contributed by atoms with van der Waals surface area (Å²) in [5.74, 6) is 0. The quantitative estimate of drug-likeness (QED) is 0.930. The molecule has 2 fully saturated rings. The lowest BCUT2D eigenvalue weighted by molar-refractivity contribution is 0.123. The predicted molar refractivity (Wildman–Crippen MR) is 93.1 cm³/mol. The van der Waals surface area contributed by atoms with Gasteiger partial charge >= 0.3 is 6.03 Å². The molecule has 2 heterocycles. The van der Waals surface area contributed by atoms with Crippen molar-refractivity contribution in [3.63, 3.8) is 0 Å².